The van der Waals surface area contributed by atoms with Crippen LogP contribution in [0, 0.1) is 0 Å². The third kappa shape index (κ3) is 5.51. The maximum Gasteiger partial charge on any atom is 0.143 e. The lowest BCUT2D eigenvalue weighted by molar-refractivity contribution is 0.670. The van der Waals surface area contributed by atoms with Gasteiger partial charge in [-0.15, -0.1) is 11.3 Å². The quantitative estimate of drug-likeness (QED) is 0.159. The smallest absolute Gasteiger partial charge is 0.143 e. The van der Waals surface area contributed by atoms with Gasteiger partial charge in [0.2, 0.25) is 0 Å². The van der Waals surface area contributed by atoms with Crippen molar-refractivity contribution in [1.29, 1.82) is 0 Å². The Morgan fingerprint density at radius 2 is 0.938 bits per heavy atom. The molecule has 0 amide bonds. The van der Waals surface area contributed by atoms with Crippen molar-refractivity contribution in [3.8, 4) is 33.4 Å². The van der Waals surface area contributed by atoms with Gasteiger partial charge in [0.15, 0.2) is 0 Å². The van der Waals surface area contributed by atoms with Gasteiger partial charge in [-0.2, -0.15) is 0 Å². The number of nitrogens with zero attached hydrogens (tertiary/aromatic N) is 1. The highest BCUT2D eigenvalue weighted by molar-refractivity contribution is 7.26. The molecule has 0 spiro atoms. The van der Waals surface area contributed by atoms with Crippen LogP contribution in [0.5, 0.6) is 0 Å². The van der Waals surface area contributed by atoms with E-state index in [-0.39, 0.29) is 0 Å². The van der Waals surface area contributed by atoms with E-state index in [1.165, 1.54) is 59.2 Å². The van der Waals surface area contributed by atoms with Gasteiger partial charge in [0.25, 0.3) is 0 Å². The average molecular weight is 834 g/mol. The fourth-order valence-electron chi connectivity index (χ4n) is 10.5. The lowest BCUT2D eigenvalue weighted by Gasteiger charge is -2.34. The molecule has 12 aromatic rings. The molecule has 13 rings (SSSR count). The highest BCUT2D eigenvalue weighted by atomic mass is 32.1. The van der Waals surface area contributed by atoms with E-state index in [1.807, 2.05) is 23.5 Å². The molecule has 0 bridgehead atoms. The molecular weight excluding hydrogens is 795 g/mol. The third-order valence-corrected chi connectivity index (χ3v) is 14.6. The van der Waals surface area contributed by atoms with Gasteiger partial charge >= 0.3 is 0 Å². The Hall–Kier alpha value is -7.98. The fourth-order valence-corrected chi connectivity index (χ4v) is 11.7. The van der Waals surface area contributed by atoms with E-state index >= 15 is 0 Å². The van der Waals surface area contributed by atoms with Crippen LogP contribution in [0.1, 0.15) is 22.3 Å². The van der Waals surface area contributed by atoms with E-state index in [0.29, 0.717) is 0 Å². The van der Waals surface area contributed by atoms with Gasteiger partial charge in [-0.3, -0.25) is 0 Å². The van der Waals surface area contributed by atoms with Crippen LogP contribution in [-0.4, -0.2) is 0 Å². The molecule has 3 heteroatoms. The Kier molecular flexibility index (Phi) is 8.34. The molecule has 300 valence electrons. The number of anilines is 3. The van der Waals surface area contributed by atoms with E-state index in [0.717, 1.165) is 55.6 Å². The topological polar surface area (TPSA) is 16.4 Å². The molecule has 1 aliphatic carbocycles. The normalized spacial score (nSPS) is 12.8. The lowest BCUT2D eigenvalue weighted by Crippen LogP contribution is -2.28. The Morgan fingerprint density at radius 1 is 0.375 bits per heavy atom. The number of benzene rings is 10. The number of rotatable bonds is 7. The van der Waals surface area contributed by atoms with Crippen LogP contribution in [0.25, 0.3) is 75.5 Å². The number of hydrogen-bond donors (Lipinski definition) is 0. The van der Waals surface area contributed by atoms with E-state index in [2.05, 4.69) is 229 Å². The van der Waals surface area contributed by atoms with Crippen molar-refractivity contribution in [3.05, 3.63) is 259 Å². The van der Waals surface area contributed by atoms with Crippen molar-refractivity contribution in [2.24, 2.45) is 0 Å². The van der Waals surface area contributed by atoms with Crippen molar-refractivity contribution in [2.75, 3.05) is 4.90 Å². The summed E-state index contributed by atoms with van der Waals surface area (Å²) in [4.78, 5) is 2.46. The second-order valence-corrected chi connectivity index (χ2v) is 17.8. The third-order valence-electron chi connectivity index (χ3n) is 13.4. The Morgan fingerprint density at radius 3 is 1.72 bits per heavy atom. The summed E-state index contributed by atoms with van der Waals surface area (Å²) in [6, 6.07) is 86.5. The van der Waals surface area contributed by atoms with Crippen LogP contribution in [0.2, 0.25) is 0 Å². The molecule has 2 aromatic heterocycles. The summed E-state index contributed by atoms with van der Waals surface area (Å²) in [5.41, 5.74) is 17.0. The average Bonchev–Trinajstić information content (AvgIpc) is 4.04. The molecule has 2 nitrogen and oxygen atoms in total. The van der Waals surface area contributed by atoms with Gasteiger partial charge in [0, 0.05) is 43.2 Å². The minimum atomic E-state index is -0.459. The minimum Gasteiger partial charge on any atom is -0.455 e. The van der Waals surface area contributed by atoms with Gasteiger partial charge in [-0.25, -0.2) is 0 Å². The summed E-state index contributed by atoms with van der Waals surface area (Å²) in [6.45, 7) is 0. The van der Waals surface area contributed by atoms with Crippen molar-refractivity contribution >= 4 is 70.5 Å². The first-order chi connectivity index (χ1) is 31.7. The SMILES string of the molecule is c1ccc(C2(c3ccccc3)c3ccccc3-c3cc(N(c4ccc(-c5ccc(-c6cccc7c6oc6ccccc67)cc5)cc4)c4cccc5c4sc4ccccc45)ccc32)cc1. The monoisotopic (exact) mass is 833 g/mol. The zero-order chi connectivity index (χ0) is 42.2. The molecular formula is C61H39NOS. The number of hydrogen-bond acceptors (Lipinski definition) is 3. The zero-order valence-corrected chi connectivity index (χ0v) is 35.6. The summed E-state index contributed by atoms with van der Waals surface area (Å²) < 4.78 is 8.95. The van der Waals surface area contributed by atoms with E-state index < -0.39 is 5.41 Å². The van der Waals surface area contributed by atoms with Crippen LogP contribution < -0.4 is 4.90 Å². The lowest BCUT2D eigenvalue weighted by atomic mass is 9.68. The molecule has 2 heterocycles. The predicted molar refractivity (Wildman–Crippen MR) is 269 cm³/mol. The summed E-state index contributed by atoms with van der Waals surface area (Å²) in [6.07, 6.45) is 0. The van der Waals surface area contributed by atoms with E-state index in [9.17, 15) is 0 Å². The van der Waals surface area contributed by atoms with E-state index in [4.69, 9.17) is 4.42 Å². The van der Waals surface area contributed by atoms with Crippen molar-refractivity contribution in [3.63, 3.8) is 0 Å². The summed E-state index contributed by atoms with van der Waals surface area (Å²) in [7, 11) is 0. The van der Waals surface area contributed by atoms with Crippen LogP contribution in [0.3, 0.4) is 0 Å². The molecule has 0 radical (unpaired) electrons. The molecule has 10 aromatic carbocycles. The zero-order valence-electron chi connectivity index (χ0n) is 34.8. The van der Waals surface area contributed by atoms with Crippen LogP contribution >= 0.6 is 11.3 Å². The predicted octanol–water partition coefficient (Wildman–Crippen LogP) is 17.1. The van der Waals surface area contributed by atoms with Crippen molar-refractivity contribution in [2.45, 2.75) is 5.41 Å². The first-order valence-electron chi connectivity index (χ1n) is 21.9. The first-order valence-corrected chi connectivity index (χ1v) is 22.7. The Balaban J connectivity index is 0.951. The van der Waals surface area contributed by atoms with Crippen LogP contribution in [0.4, 0.5) is 17.1 Å². The van der Waals surface area contributed by atoms with Crippen LogP contribution in [-0.2, 0) is 5.41 Å². The summed E-state index contributed by atoms with van der Waals surface area (Å²) in [5, 5.41) is 4.85. The molecule has 0 saturated heterocycles. The largest absolute Gasteiger partial charge is 0.455 e. The summed E-state index contributed by atoms with van der Waals surface area (Å²) in [5.74, 6) is 0. The highest BCUT2D eigenvalue weighted by Gasteiger charge is 2.46. The van der Waals surface area contributed by atoms with E-state index in [1.54, 1.807) is 0 Å². The van der Waals surface area contributed by atoms with Gasteiger partial charge in [-0.05, 0) is 92.5 Å². The second kappa shape index (κ2) is 14.6. The van der Waals surface area contributed by atoms with Gasteiger partial charge in [0.05, 0.1) is 15.8 Å². The summed E-state index contributed by atoms with van der Waals surface area (Å²) >= 11 is 1.87. The standard InChI is InChI=1S/C61H39NOS/c1-3-15-43(16-4-1)61(44-17-5-2-6-18-44)54-25-10-7-19-48(54)53-39-46(37-38-55(53)61)62(56-26-14-24-52-50-21-9-12-28-58(50)64-60(52)56)45-35-33-41(34-36-45)40-29-31-42(32-30-40)47-22-13-23-51-49-20-8-11-27-57(49)63-59(47)51/h1-39H. The molecule has 0 aliphatic heterocycles. The number of fused-ring (bicyclic) bond motifs is 9. The van der Waals surface area contributed by atoms with Crippen LogP contribution in [0.15, 0.2) is 241 Å². The molecule has 1 aliphatic rings. The number of para-hydroxylation sites is 2. The Labute approximate surface area is 375 Å². The van der Waals surface area contributed by atoms with Gasteiger partial charge < -0.3 is 9.32 Å². The Bertz CT molecular complexity index is 3670. The maximum atomic E-state index is 6.39. The second-order valence-electron chi connectivity index (χ2n) is 16.7. The van der Waals surface area contributed by atoms with Gasteiger partial charge in [-0.1, -0.05) is 194 Å². The van der Waals surface area contributed by atoms with Crippen molar-refractivity contribution in [1.82, 2.24) is 0 Å². The molecule has 0 unspecified atom stereocenters. The molecule has 64 heavy (non-hydrogen) atoms. The minimum absolute atomic E-state index is 0.459. The maximum absolute atomic E-state index is 6.39. The first kappa shape index (κ1) is 36.7. The molecule has 0 fully saturated rings. The highest BCUT2D eigenvalue weighted by Crippen LogP contribution is 2.57. The molecule has 0 saturated carbocycles. The van der Waals surface area contributed by atoms with Crippen molar-refractivity contribution < 1.29 is 4.42 Å². The fraction of sp³-hybridized carbons (Fsp3) is 0.0164. The van der Waals surface area contributed by atoms with Gasteiger partial charge in [0.1, 0.15) is 11.2 Å². The number of furan rings is 1. The molecule has 0 atom stereocenters. The molecule has 0 N–H and O–H groups in total. The number of thiophene rings is 1.